The number of imidazole rings is 1. The molecule has 4 atom stereocenters. The Morgan fingerprint density at radius 2 is 1.58 bits per heavy atom. The second kappa shape index (κ2) is 12.5. The SMILES string of the molecule is CC(N)C(=O)NC(CC(=O)O)C(=O)NC(Cc1cnc[nH]1)C(=O)NC(Cc1c[nH]c2ccccc12)C(=O)O. The van der Waals surface area contributed by atoms with Crippen molar-refractivity contribution in [3.05, 3.63) is 54.2 Å². The van der Waals surface area contributed by atoms with Crippen molar-refractivity contribution in [1.82, 2.24) is 30.9 Å². The number of para-hydroxylation sites is 1. The van der Waals surface area contributed by atoms with Crippen LogP contribution in [0.1, 0.15) is 24.6 Å². The molecule has 38 heavy (non-hydrogen) atoms. The molecule has 202 valence electrons. The summed E-state index contributed by atoms with van der Waals surface area (Å²) in [7, 11) is 0. The number of nitrogens with two attached hydrogens (primary N) is 1. The number of rotatable bonds is 13. The number of H-pyrrole nitrogens is 2. The van der Waals surface area contributed by atoms with Gasteiger partial charge < -0.3 is 41.9 Å². The summed E-state index contributed by atoms with van der Waals surface area (Å²) in [4.78, 5) is 71.2. The number of carboxylic acid groups (broad SMARTS) is 2. The molecule has 3 amide bonds. The Morgan fingerprint density at radius 1 is 0.921 bits per heavy atom. The van der Waals surface area contributed by atoms with Crippen molar-refractivity contribution in [2.45, 2.75) is 50.4 Å². The lowest BCUT2D eigenvalue weighted by Gasteiger charge is -2.24. The van der Waals surface area contributed by atoms with Gasteiger partial charge in [0.25, 0.3) is 0 Å². The highest BCUT2D eigenvalue weighted by atomic mass is 16.4. The zero-order valence-electron chi connectivity index (χ0n) is 20.4. The summed E-state index contributed by atoms with van der Waals surface area (Å²) in [5, 5.41) is 26.9. The van der Waals surface area contributed by atoms with Crippen LogP contribution in [-0.2, 0) is 36.8 Å². The van der Waals surface area contributed by atoms with E-state index < -0.39 is 60.2 Å². The summed E-state index contributed by atoms with van der Waals surface area (Å²) < 4.78 is 0. The van der Waals surface area contributed by atoms with Crippen LogP contribution in [0.5, 0.6) is 0 Å². The topological polar surface area (TPSA) is 232 Å². The fourth-order valence-corrected chi connectivity index (χ4v) is 3.78. The van der Waals surface area contributed by atoms with Gasteiger partial charge in [0.15, 0.2) is 0 Å². The number of carbonyl (C=O) groups excluding carboxylic acids is 3. The monoisotopic (exact) mass is 527 g/mol. The van der Waals surface area contributed by atoms with Gasteiger partial charge in [0.2, 0.25) is 17.7 Å². The molecule has 2 heterocycles. The van der Waals surface area contributed by atoms with Crippen LogP contribution in [0.3, 0.4) is 0 Å². The number of aromatic amines is 2. The van der Waals surface area contributed by atoms with Crippen molar-refractivity contribution >= 4 is 40.6 Å². The van der Waals surface area contributed by atoms with E-state index >= 15 is 0 Å². The number of aliphatic carboxylic acids is 2. The van der Waals surface area contributed by atoms with E-state index in [-0.39, 0.29) is 12.8 Å². The van der Waals surface area contributed by atoms with E-state index in [0.29, 0.717) is 11.3 Å². The standard InChI is InChI=1S/C24H29N7O7/c1-12(25)21(34)29-18(8-20(32)33)23(36)30-17(7-14-10-26-11-28-14)22(35)31-19(24(37)38)6-13-9-27-16-5-3-2-4-15(13)16/h2-5,9-12,17-19,27H,6-8,25H2,1H3,(H,26,28)(H,29,34)(H,30,36)(H,31,35)(H,32,33)(H,37,38). The zero-order chi connectivity index (χ0) is 27.8. The number of hydrogen-bond acceptors (Lipinski definition) is 7. The minimum Gasteiger partial charge on any atom is -0.481 e. The molecule has 14 heteroatoms. The Kier molecular flexibility index (Phi) is 9.16. The number of hydrogen-bond donors (Lipinski definition) is 8. The first-order chi connectivity index (χ1) is 18.0. The molecule has 0 radical (unpaired) electrons. The zero-order valence-corrected chi connectivity index (χ0v) is 20.4. The van der Waals surface area contributed by atoms with Crippen molar-refractivity contribution in [2.75, 3.05) is 0 Å². The number of carbonyl (C=O) groups is 5. The van der Waals surface area contributed by atoms with Gasteiger partial charge in [-0.2, -0.15) is 0 Å². The number of benzene rings is 1. The Morgan fingerprint density at radius 3 is 2.21 bits per heavy atom. The molecule has 9 N–H and O–H groups in total. The van der Waals surface area contributed by atoms with Crippen LogP contribution in [0.15, 0.2) is 43.0 Å². The highest BCUT2D eigenvalue weighted by molar-refractivity contribution is 5.96. The molecule has 0 aliphatic carbocycles. The van der Waals surface area contributed by atoms with Crippen LogP contribution in [0, 0.1) is 0 Å². The Bertz CT molecular complexity index is 1300. The highest BCUT2D eigenvalue weighted by Crippen LogP contribution is 2.19. The van der Waals surface area contributed by atoms with Crippen molar-refractivity contribution in [3.63, 3.8) is 0 Å². The minimum atomic E-state index is -1.52. The van der Waals surface area contributed by atoms with E-state index in [1.807, 2.05) is 24.3 Å². The molecule has 0 spiro atoms. The van der Waals surface area contributed by atoms with Crippen molar-refractivity contribution in [2.24, 2.45) is 5.73 Å². The lowest BCUT2D eigenvalue weighted by atomic mass is 10.0. The summed E-state index contributed by atoms with van der Waals surface area (Å²) in [6.07, 6.45) is 3.52. The van der Waals surface area contributed by atoms with Crippen LogP contribution in [0.25, 0.3) is 10.9 Å². The second-order valence-electron chi connectivity index (χ2n) is 8.75. The van der Waals surface area contributed by atoms with E-state index in [2.05, 4.69) is 30.9 Å². The number of fused-ring (bicyclic) bond motifs is 1. The molecule has 2 aromatic heterocycles. The summed E-state index contributed by atoms with van der Waals surface area (Å²) >= 11 is 0. The average molecular weight is 528 g/mol. The van der Waals surface area contributed by atoms with E-state index in [1.165, 1.54) is 19.4 Å². The summed E-state index contributed by atoms with van der Waals surface area (Å²) in [6, 6.07) is 2.10. The Hall–Kier alpha value is -4.72. The molecule has 3 rings (SSSR count). The smallest absolute Gasteiger partial charge is 0.326 e. The molecular weight excluding hydrogens is 498 g/mol. The predicted octanol–water partition coefficient (Wildman–Crippen LogP) is -0.963. The van der Waals surface area contributed by atoms with Crippen LogP contribution in [0.2, 0.25) is 0 Å². The van der Waals surface area contributed by atoms with Gasteiger partial charge in [-0.15, -0.1) is 0 Å². The molecule has 0 saturated carbocycles. The molecule has 3 aromatic rings. The van der Waals surface area contributed by atoms with Gasteiger partial charge in [0.05, 0.1) is 18.8 Å². The van der Waals surface area contributed by atoms with Gasteiger partial charge in [0.1, 0.15) is 18.1 Å². The summed E-state index contributed by atoms with van der Waals surface area (Å²) in [5.41, 5.74) is 7.43. The fraction of sp³-hybridized carbons (Fsp3) is 0.333. The molecule has 14 nitrogen and oxygen atoms in total. The molecule has 0 aliphatic rings. The van der Waals surface area contributed by atoms with E-state index in [0.717, 1.165) is 10.9 Å². The quantitative estimate of drug-likeness (QED) is 0.136. The number of nitrogens with one attached hydrogen (secondary N) is 5. The molecule has 0 fully saturated rings. The first kappa shape index (κ1) is 27.9. The normalized spacial score (nSPS) is 14.2. The van der Waals surface area contributed by atoms with Crippen LogP contribution in [0.4, 0.5) is 0 Å². The van der Waals surface area contributed by atoms with Gasteiger partial charge in [0, 0.05) is 41.8 Å². The number of amides is 3. The van der Waals surface area contributed by atoms with Gasteiger partial charge in [-0.25, -0.2) is 9.78 Å². The third kappa shape index (κ3) is 7.39. The number of nitrogens with zero attached hydrogens (tertiary/aromatic N) is 1. The molecular formula is C24H29N7O7. The molecule has 0 aliphatic heterocycles. The van der Waals surface area contributed by atoms with E-state index in [1.54, 1.807) is 6.20 Å². The number of aromatic nitrogens is 3. The molecule has 1 aromatic carbocycles. The number of carboxylic acids is 2. The van der Waals surface area contributed by atoms with E-state index in [9.17, 15) is 34.2 Å². The molecule has 0 saturated heterocycles. The summed E-state index contributed by atoms with van der Waals surface area (Å²) in [5.74, 6) is -5.19. The van der Waals surface area contributed by atoms with Crippen molar-refractivity contribution < 1.29 is 34.2 Å². The maximum absolute atomic E-state index is 13.2. The lowest BCUT2D eigenvalue weighted by molar-refractivity contribution is -0.143. The molecule has 0 bridgehead atoms. The second-order valence-corrected chi connectivity index (χ2v) is 8.75. The van der Waals surface area contributed by atoms with Crippen LogP contribution < -0.4 is 21.7 Å². The van der Waals surface area contributed by atoms with Gasteiger partial charge >= 0.3 is 11.9 Å². The minimum absolute atomic E-state index is 0.0398. The van der Waals surface area contributed by atoms with Crippen LogP contribution >= 0.6 is 0 Å². The fourth-order valence-electron chi connectivity index (χ4n) is 3.78. The van der Waals surface area contributed by atoms with Gasteiger partial charge in [-0.05, 0) is 18.6 Å². The average Bonchev–Trinajstić information content (AvgIpc) is 3.52. The highest BCUT2D eigenvalue weighted by Gasteiger charge is 2.31. The van der Waals surface area contributed by atoms with Crippen molar-refractivity contribution in [1.29, 1.82) is 0 Å². The maximum atomic E-state index is 13.2. The summed E-state index contributed by atoms with van der Waals surface area (Å²) in [6.45, 7) is 1.36. The maximum Gasteiger partial charge on any atom is 0.326 e. The largest absolute Gasteiger partial charge is 0.481 e. The lowest BCUT2D eigenvalue weighted by Crippen LogP contribution is -2.58. The Balaban J connectivity index is 1.79. The van der Waals surface area contributed by atoms with E-state index in [4.69, 9.17) is 5.73 Å². The molecule has 4 unspecified atom stereocenters. The first-order valence-electron chi connectivity index (χ1n) is 11.7. The third-order valence-corrected chi connectivity index (χ3v) is 5.75. The van der Waals surface area contributed by atoms with Gasteiger partial charge in [-0.1, -0.05) is 18.2 Å². The van der Waals surface area contributed by atoms with Gasteiger partial charge in [-0.3, -0.25) is 19.2 Å². The Labute approximate surface area is 216 Å². The third-order valence-electron chi connectivity index (χ3n) is 5.75. The first-order valence-corrected chi connectivity index (χ1v) is 11.7. The van der Waals surface area contributed by atoms with Crippen molar-refractivity contribution in [3.8, 4) is 0 Å². The predicted molar refractivity (Wildman–Crippen MR) is 134 cm³/mol. The van der Waals surface area contributed by atoms with Crippen LogP contribution in [-0.4, -0.2) is 79.0 Å².